The molecule has 11 aromatic rings. The molecule has 2 aliphatic carbocycles. The molecule has 0 aliphatic heterocycles. The molecule has 0 amide bonds. The van der Waals surface area contributed by atoms with Crippen molar-refractivity contribution in [2.75, 3.05) is 0 Å². The van der Waals surface area contributed by atoms with Gasteiger partial charge in [0.15, 0.2) is 0 Å². The van der Waals surface area contributed by atoms with Gasteiger partial charge in [0.2, 0.25) is 0 Å². The van der Waals surface area contributed by atoms with Gasteiger partial charge in [-0.05, 0) is 133 Å². The van der Waals surface area contributed by atoms with Gasteiger partial charge in [-0.25, -0.2) is 0 Å². The monoisotopic (exact) mass is 796 g/mol. The number of hydrogen-bond donors (Lipinski definition) is 0. The summed E-state index contributed by atoms with van der Waals surface area (Å²) in [6.45, 7) is 0. The van der Waals surface area contributed by atoms with E-state index in [0.29, 0.717) is 0 Å². The molecule has 63 heavy (non-hydrogen) atoms. The molecule has 0 atom stereocenters. The molecule has 0 aromatic heterocycles. The molecule has 11 aromatic carbocycles. The zero-order chi connectivity index (χ0) is 41.5. The number of fused-ring (bicyclic) bond motifs is 13. The van der Waals surface area contributed by atoms with Crippen LogP contribution in [0.1, 0.15) is 33.4 Å². The van der Waals surface area contributed by atoms with Crippen molar-refractivity contribution in [3.63, 3.8) is 0 Å². The fraction of sp³-hybridized carbons (Fsp3) is 0.0159. The average Bonchev–Trinajstić information content (AvgIpc) is 3.82. The van der Waals surface area contributed by atoms with Crippen molar-refractivity contribution in [1.29, 1.82) is 0 Å². The Hall–Kier alpha value is -8.06. The summed E-state index contributed by atoms with van der Waals surface area (Å²) in [4.78, 5) is 0. The van der Waals surface area contributed by atoms with Crippen molar-refractivity contribution in [1.82, 2.24) is 0 Å². The van der Waals surface area contributed by atoms with Gasteiger partial charge in [-0.15, -0.1) is 0 Å². The van der Waals surface area contributed by atoms with Crippen LogP contribution in [0, 0.1) is 0 Å². The SMILES string of the molecule is C(=C\c1ccc(-c2c3ccccc3c(-c3ccc4c(c3)C3(c5ccccc5-c5ccccc53)c3ccccc3-4)c3ccccc23)cc1)/c1ccc(-c2ccc3ccccc3c2)cc1. The summed E-state index contributed by atoms with van der Waals surface area (Å²) in [5, 5.41) is 7.58. The molecule has 0 saturated heterocycles. The molecule has 292 valence electrons. The summed E-state index contributed by atoms with van der Waals surface area (Å²) in [7, 11) is 0. The molecule has 1 spiro atoms. The van der Waals surface area contributed by atoms with Crippen LogP contribution in [-0.4, -0.2) is 0 Å². The zero-order valence-electron chi connectivity index (χ0n) is 34.6. The highest BCUT2D eigenvalue weighted by atomic mass is 14.5. The first-order valence-corrected chi connectivity index (χ1v) is 22.0. The number of rotatable bonds is 5. The molecule has 0 saturated carbocycles. The highest BCUT2D eigenvalue weighted by Gasteiger charge is 2.51. The van der Waals surface area contributed by atoms with Crippen molar-refractivity contribution >= 4 is 44.5 Å². The van der Waals surface area contributed by atoms with Crippen LogP contribution in [0.4, 0.5) is 0 Å². The first-order valence-electron chi connectivity index (χ1n) is 22.0. The van der Waals surface area contributed by atoms with Gasteiger partial charge < -0.3 is 0 Å². The van der Waals surface area contributed by atoms with E-state index < -0.39 is 5.41 Å². The van der Waals surface area contributed by atoms with Crippen molar-refractivity contribution in [2.45, 2.75) is 5.41 Å². The molecule has 0 bridgehead atoms. The molecule has 0 nitrogen and oxygen atoms in total. The molecule has 2 aliphatic rings. The molecule has 0 unspecified atom stereocenters. The summed E-state index contributed by atoms with van der Waals surface area (Å²) in [5.41, 5.74) is 20.2. The van der Waals surface area contributed by atoms with E-state index in [-0.39, 0.29) is 0 Å². The van der Waals surface area contributed by atoms with E-state index in [1.165, 1.54) is 121 Å². The van der Waals surface area contributed by atoms with E-state index in [1.54, 1.807) is 0 Å². The lowest BCUT2D eigenvalue weighted by Gasteiger charge is -2.30. The van der Waals surface area contributed by atoms with Gasteiger partial charge in [-0.2, -0.15) is 0 Å². The Morgan fingerprint density at radius 1 is 0.254 bits per heavy atom. The summed E-state index contributed by atoms with van der Waals surface area (Å²) < 4.78 is 0. The molecule has 0 radical (unpaired) electrons. The molecule has 13 rings (SSSR count). The lowest BCUT2D eigenvalue weighted by atomic mass is 9.70. The van der Waals surface area contributed by atoms with E-state index in [1.807, 2.05) is 0 Å². The maximum absolute atomic E-state index is 2.53. The van der Waals surface area contributed by atoms with Crippen LogP contribution >= 0.6 is 0 Å². The first-order chi connectivity index (χ1) is 31.2. The van der Waals surface area contributed by atoms with Gasteiger partial charge in [-0.3, -0.25) is 0 Å². The fourth-order valence-corrected chi connectivity index (χ4v) is 11.1. The lowest BCUT2D eigenvalue weighted by Crippen LogP contribution is -2.25. The second-order valence-electron chi connectivity index (χ2n) is 17.1. The fourth-order valence-electron chi connectivity index (χ4n) is 11.1. The van der Waals surface area contributed by atoms with E-state index in [4.69, 9.17) is 0 Å². The van der Waals surface area contributed by atoms with Gasteiger partial charge in [0.25, 0.3) is 0 Å². The van der Waals surface area contributed by atoms with E-state index >= 15 is 0 Å². The average molecular weight is 797 g/mol. The predicted molar refractivity (Wildman–Crippen MR) is 267 cm³/mol. The lowest BCUT2D eigenvalue weighted by molar-refractivity contribution is 0.794. The minimum absolute atomic E-state index is 0.391. The van der Waals surface area contributed by atoms with Crippen LogP contribution in [-0.2, 0) is 5.41 Å². The number of benzene rings is 11. The molecular weight excluding hydrogens is 757 g/mol. The Labute approximate surface area is 367 Å². The van der Waals surface area contributed by atoms with Gasteiger partial charge >= 0.3 is 0 Å². The molecule has 0 fully saturated rings. The molecule has 0 heteroatoms. The Morgan fingerprint density at radius 2 is 0.651 bits per heavy atom. The van der Waals surface area contributed by atoms with Crippen LogP contribution in [0.5, 0.6) is 0 Å². The molecular formula is C63H40. The van der Waals surface area contributed by atoms with Crippen LogP contribution < -0.4 is 0 Å². The molecule has 0 heterocycles. The third kappa shape index (κ3) is 5.35. The van der Waals surface area contributed by atoms with Crippen molar-refractivity contribution in [3.05, 3.63) is 264 Å². The smallest absolute Gasteiger partial charge is 0.0619 e. The van der Waals surface area contributed by atoms with Gasteiger partial charge in [0.05, 0.1) is 5.41 Å². The van der Waals surface area contributed by atoms with Crippen LogP contribution in [0.25, 0.3) is 100 Å². The minimum atomic E-state index is -0.391. The normalized spacial score (nSPS) is 13.1. The quantitative estimate of drug-likeness (QED) is 0.120. The Balaban J connectivity index is 0.900. The second-order valence-corrected chi connectivity index (χ2v) is 17.1. The Morgan fingerprint density at radius 3 is 1.19 bits per heavy atom. The van der Waals surface area contributed by atoms with Crippen LogP contribution in [0.2, 0.25) is 0 Å². The maximum Gasteiger partial charge on any atom is 0.0725 e. The maximum atomic E-state index is 2.53. The van der Waals surface area contributed by atoms with Crippen LogP contribution in [0.15, 0.2) is 231 Å². The van der Waals surface area contributed by atoms with E-state index in [0.717, 1.165) is 0 Å². The Kier molecular flexibility index (Phi) is 7.92. The largest absolute Gasteiger partial charge is 0.0725 e. The third-order valence-corrected chi connectivity index (χ3v) is 13.9. The van der Waals surface area contributed by atoms with E-state index in [9.17, 15) is 0 Å². The summed E-state index contributed by atoms with van der Waals surface area (Å²) in [6.07, 6.45) is 4.43. The highest BCUT2D eigenvalue weighted by Crippen LogP contribution is 2.63. The third-order valence-electron chi connectivity index (χ3n) is 13.9. The molecule has 0 N–H and O–H groups in total. The minimum Gasteiger partial charge on any atom is -0.0619 e. The predicted octanol–water partition coefficient (Wildman–Crippen LogP) is 16.7. The van der Waals surface area contributed by atoms with Gasteiger partial charge in [0.1, 0.15) is 0 Å². The zero-order valence-corrected chi connectivity index (χ0v) is 34.6. The van der Waals surface area contributed by atoms with Crippen LogP contribution in [0.3, 0.4) is 0 Å². The van der Waals surface area contributed by atoms with Gasteiger partial charge in [-0.1, -0.05) is 231 Å². The Bertz CT molecular complexity index is 3540. The summed E-state index contributed by atoms with van der Waals surface area (Å²) in [5.74, 6) is 0. The summed E-state index contributed by atoms with van der Waals surface area (Å²) in [6, 6.07) is 85.7. The standard InChI is InChI=1S/C63H40/c1-2-14-46-39-47(36-35-43(46)13-1)44-31-27-41(28-32-44)25-26-42-29-33-45(34-30-42)61-53-18-3-5-20-55(53)62(56-21-6-4-19-54(56)61)48-37-38-52-51-17-9-12-24-59(51)63(60(52)40-48)57-22-10-7-15-49(57)50-16-8-11-23-58(50)63/h1-40H/b26-25+. The second kappa shape index (κ2) is 14.0. The first kappa shape index (κ1) is 35.7. The topological polar surface area (TPSA) is 0 Å². The van der Waals surface area contributed by atoms with E-state index in [2.05, 4.69) is 243 Å². The van der Waals surface area contributed by atoms with Gasteiger partial charge in [0, 0.05) is 0 Å². The van der Waals surface area contributed by atoms with Crippen molar-refractivity contribution in [2.24, 2.45) is 0 Å². The summed E-state index contributed by atoms with van der Waals surface area (Å²) >= 11 is 0. The van der Waals surface area contributed by atoms with Crippen molar-refractivity contribution in [3.8, 4) is 55.6 Å². The van der Waals surface area contributed by atoms with Crippen molar-refractivity contribution < 1.29 is 0 Å². The number of hydrogen-bond acceptors (Lipinski definition) is 0. The highest BCUT2D eigenvalue weighted by molar-refractivity contribution is 6.21.